The van der Waals surface area contributed by atoms with Gasteiger partial charge in [-0.2, -0.15) is 0 Å². The van der Waals surface area contributed by atoms with Crippen LogP contribution in [0.2, 0.25) is 0 Å². The molecule has 1 fully saturated rings. The van der Waals surface area contributed by atoms with Crippen LogP contribution >= 0.6 is 0 Å². The summed E-state index contributed by atoms with van der Waals surface area (Å²) in [6.07, 6.45) is 0.593. The largest absolute Gasteiger partial charge is 0.492 e. The third-order valence-corrected chi connectivity index (χ3v) is 6.11. The van der Waals surface area contributed by atoms with E-state index in [4.69, 9.17) is 4.74 Å². The lowest BCUT2D eigenvalue weighted by Gasteiger charge is -2.38. The Morgan fingerprint density at radius 2 is 2.19 bits per heavy atom. The summed E-state index contributed by atoms with van der Waals surface area (Å²) in [5.74, 6) is -2.61. The van der Waals surface area contributed by atoms with Gasteiger partial charge in [0.2, 0.25) is 12.3 Å². The van der Waals surface area contributed by atoms with Crippen molar-refractivity contribution in [1.82, 2.24) is 15.1 Å². The Kier molecular flexibility index (Phi) is 7.25. The Bertz CT molecular complexity index is 833. The predicted octanol–water partition coefficient (Wildman–Crippen LogP) is 2.58. The van der Waals surface area contributed by atoms with E-state index in [1.807, 2.05) is 18.7 Å². The first kappa shape index (κ1) is 23.1. The quantitative estimate of drug-likeness (QED) is 0.601. The van der Waals surface area contributed by atoms with Crippen molar-refractivity contribution in [2.24, 2.45) is 0 Å². The highest BCUT2D eigenvalue weighted by Crippen LogP contribution is 2.33. The normalized spacial score (nSPS) is 21.5. The van der Waals surface area contributed by atoms with E-state index in [0.29, 0.717) is 43.8 Å². The first-order valence-electron chi connectivity index (χ1n) is 10.7. The van der Waals surface area contributed by atoms with Gasteiger partial charge in [-0.15, -0.1) is 0 Å². The molecule has 2 aliphatic heterocycles. The van der Waals surface area contributed by atoms with Crippen molar-refractivity contribution < 1.29 is 27.9 Å². The van der Waals surface area contributed by atoms with Crippen LogP contribution in [-0.4, -0.2) is 65.7 Å². The minimum atomic E-state index is -2.66. The van der Waals surface area contributed by atoms with Gasteiger partial charge in [0.1, 0.15) is 12.4 Å². The second-order valence-corrected chi connectivity index (χ2v) is 8.23. The number of imide groups is 1. The zero-order chi connectivity index (χ0) is 22.6. The van der Waals surface area contributed by atoms with Crippen molar-refractivity contribution >= 4 is 18.2 Å². The minimum absolute atomic E-state index is 0.117. The molecule has 0 aliphatic carbocycles. The van der Waals surface area contributed by atoms with Gasteiger partial charge in [0.25, 0.3) is 11.8 Å². The summed E-state index contributed by atoms with van der Waals surface area (Å²) in [6.45, 7) is 5.43. The number of piperidine rings is 1. The number of halogens is 2. The van der Waals surface area contributed by atoms with Crippen LogP contribution in [0.3, 0.4) is 0 Å². The molecule has 31 heavy (non-hydrogen) atoms. The van der Waals surface area contributed by atoms with Crippen molar-refractivity contribution in [3.63, 3.8) is 0 Å². The van der Waals surface area contributed by atoms with Crippen molar-refractivity contribution in [3.05, 3.63) is 29.3 Å². The molecule has 3 amide bonds. The second-order valence-electron chi connectivity index (χ2n) is 8.23. The van der Waals surface area contributed by atoms with Gasteiger partial charge in [-0.3, -0.25) is 24.6 Å². The maximum atomic E-state index is 13.8. The number of fused-ring (bicyclic) bond motifs is 1. The third kappa shape index (κ3) is 5.58. The number of nitrogens with zero attached hydrogens (tertiary/aromatic N) is 2. The number of benzene rings is 1. The molecule has 2 unspecified atom stereocenters. The lowest BCUT2D eigenvalue weighted by atomic mass is 9.99. The maximum Gasteiger partial charge on any atom is 0.254 e. The standard InChI is InChI=1S/C22H29F2N3O4/c1-3-26-9-8-22(23,24)11-17(26)13-31-18-5-6-19-16(10-18)12-27(21(19)30)15(2)4-7-20(29)25-14-28/h5-6,10,14-15,17H,3-4,7-9,11-13H2,1-2H3,(H,25,28,29). The van der Waals surface area contributed by atoms with Crippen LogP contribution in [0, 0.1) is 0 Å². The van der Waals surface area contributed by atoms with E-state index in [2.05, 4.69) is 5.32 Å². The van der Waals surface area contributed by atoms with Crippen LogP contribution < -0.4 is 10.1 Å². The third-order valence-electron chi connectivity index (χ3n) is 6.11. The fourth-order valence-electron chi connectivity index (χ4n) is 4.24. The summed E-state index contributed by atoms with van der Waals surface area (Å²) in [5.41, 5.74) is 1.39. The topological polar surface area (TPSA) is 79.0 Å². The second kappa shape index (κ2) is 9.72. The molecular formula is C22H29F2N3O4. The van der Waals surface area contributed by atoms with Crippen molar-refractivity contribution in [3.8, 4) is 5.75 Å². The number of alkyl halides is 2. The molecule has 2 atom stereocenters. The molecule has 2 aliphatic rings. The zero-order valence-electron chi connectivity index (χ0n) is 17.9. The molecule has 0 spiro atoms. The van der Waals surface area contributed by atoms with Crippen LogP contribution in [-0.2, 0) is 16.1 Å². The lowest BCUT2D eigenvalue weighted by molar-refractivity contribution is -0.125. The molecule has 2 heterocycles. The highest BCUT2D eigenvalue weighted by Gasteiger charge is 2.40. The first-order valence-corrected chi connectivity index (χ1v) is 10.7. The number of likely N-dealkylation sites (tertiary alicyclic amines) is 1. The number of rotatable bonds is 9. The Balaban J connectivity index is 1.59. The summed E-state index contributed by atoms with van der Waals surface area (Å²) in [7, 11) is 0. The highest BCUT2D eigenvalue weighted by atomic mass is 19.3. The van der Waals surface area contributed by atoms with E-state index in [9.17, 15) is 23.2 Å². The average molecular weight is 437 g/mol. The van der Waals surface area contributed by atoms with Gasteiger partial charge < -0.3 is 9.64 Å². The van der Waals surface area contributed by atoms with Crippen LogP contribution in [0.1, 0.15) is 55.5 Å². The monoisotopic (exact) mass is 437 g/mol. The SMILES string of the molecule is CCN1CCC(F)(F)CC1COc1ccc2c(c1)CN(C(C)CCC(=O)NC=O)C2=O. The molecule has 0 radical (unpaired) electrons. The summed E-state index contributed by atoms with van der Waals surface area (Å²) < 4.78 is 33.5. The molecule has 3 rings (SSSR count). The van der Waals surface area contributed by atoms with Gasteiger partial charge in [-0.1, -0.05) is 6.92 Å². The van der Waals surface area contributed by atoms with E-state index in [0.717, 1.165) is 5.56 Å². The summed E-state index contributed by atoms with van der Waals surface area (Å²) in [5, 5.41) is 2.09. The Hall–Kier alpha value is -2.55. The average Bonchev–Trinajstić information content (AvgIpc) is 3.06. The van der Waals surface area contributed by atoms with Crippen LogP contribution in [0.15, 0.2) is 18.2 Å². The fourth-order valence-corrected chi connectivity index (χ4v) is 4.24. The van der Waals surface area contributed by atoms with E-state index in [-0.39, 0.29) is 49.8 Å². The van der Waals surface area contributed by atoms with Gasteiger partial charge in [-0.05, 0) is 43.7 Å². The number of amides is 3. The number of carbonyl (C=O) groups is 3. The van der Waals surface area contributed by atoms with E-state index in [1.165, 1.54) is 0 Å². The summed E-state index contributed by atoms with van der Waals surface area (Å²) >= 11 is 0. The van der Waals surface area contributed by atoms with Crippen molar-refractivity contribution in [2.75, 3.05) is 19.7 Å². The van der Waals surface area contributed by atoms with Crippen molar-refractivity contribution in [1.29, 1.82) is 0 Å². The minimum Gasteiger partial charge on any atom is -0.492 e. The Morgan fingerprint density at radius 1 is 1.42 bits per heavy atom. The van der Waals surface area contributed by atoms with E-state index in [1.54, 1.807) is 23.1 Å². The van der Waals surface area contributed by atoms with Gasteiger partial charge >= 0.3 is 0 Å². The van der Waals surface area contributed by atoms with E-state index >= 15 is 0 Å². The lowest BCUT2D eigenvalue weighted by Crippen LogP contribution is -2.49. The zero-order valence-corrected chi connectivity index (χ0v) is 17.9. The first-order chi connectivity index (χ1) is 14.7. The number of hydrogen-bond donors (Lipinski definition) is 1. The molecule has 7 nitrogen and oxygen atoms in total. The number of ether oxygens (including phenoxy) is 1. The predicted molar refractivity (Wildman–Crippen MR) is 110 cm³/mol. The number of hydrogen-bond acceptors (Lipinski definition) is 5. The Labute approximate surface area is 180 Å². The fraction of sp³-hybridized carbons (Fsp3) is 0.591. The van der Waals surface area contributed by atoms with Crippen LogP contribution in [0.25, 0.3) is 0 Å². The smallest absolute Gasteiger partial charge is 0.254 e. The van der Waals surface area contributed by atoms with Gasteiger partial charge in [0.05, 0.1) is 0 Å². The number of nitrogens with one attached hydrogen (secondary N) is 1. The summed E-state index contributed by atoms with van der Waals surface area (Å²) in [6, 6.07) is 4.66. The van der Waals surface area contributed by atoms with Crippen molar-refractivity contribution in [2.45, 2.75) is 64.1 Å². The molecule has 1 saturated heterocycles. The molecule has 1 N–H and O–H groups in total. The molecule has 9 heteroatoms. The molecule has 0 bridgehead atoms. The maximum absolute atomic E-state index is 13.8. The van der Waals surface area contributed by atoms with Gasteiger partial charge in [0, 0.05) is 50.0 Å². The molecule has 170 valence electrons. The number of carbonyl (C=O) groups excluding carboxylic acids is 3. The van der Waals surface area contributed by atoms with Gasteiger partial charge in [-0.25, -0.2) is 8.78 Å². The van der Waals surface area contributed by atoms with E-state index < -0.39 is 5.92 Å². The highest BCUT2D eigenvalue weighted by molar-refractivity contribution is 5.98. The molecule has 1 aromatic rings. The van der Waals surface area contributed by atoms with Crippen LogP contribution in [0.4, 0.5) is 8.78 Å². The molecule has 0 saturated carbocycles. The Morgan fingerprint density at radius 3 is 2.90 bits per heavy atom. The number of likely N-dealkylation sites (N-methyl/N-ethyl adjacent to an activating group) is 1. The molecular weight excluding hydrogens is 408 g/mol. The molecule has 1 aromatic carbocycles. The molecule has 0 aromatic heterocycles. The van der Waals surface area contributed by atoms with Gasteiger partial charge in [0.15, 0.2) is 0 Å². The van der Waals surface area contributed by atoms with Crippen LogP contribution in [0.5, 0.6) is 5.75 Å². The summed E-state index contributed by atoms with van der Waals surface area (Å²) in [4.78, 5) is 38.2.